The minimum absolute atomic E-state index is 0.0971. The van der Waals surface area contributed by atoms with E-state index in [0.717, 1.165) is 56.8 Å². The van der Waals surface area contributed by atoms with Crippen LogP contribution in [-0.4, -0.2) is 55.5 Å². The summed E-state index contributed by atoms with van der Waals surface area (Å²) in [5.74, 6) is 0.766. The molecule has 1 fully saturated rings. The summed E-state index contributed by atoms with van der Waals surface area (Å²) in [6.07, 6.45) is 8.75. The monoisotopic (exact) mass is 498 g/mol. The third-order valence-corrected chi connectivity index (χ3v) is 7.38. The molecule has 1 aliphatic heterocycles. The fourth-order valence-corrected chi connectivity index (χ4v) is 4.62. The molecule has 0 aromatic heterocycles. The average Bonchev–Trinajstić information content (AvgIpc) is 2.89. The first-order valence-electron chi connectivity index (χ1n) is 14.1. The number of piperidine rings is 1. The van der Waals surface area contributed by atoms with Crippen molar-refractivity contribution < 1.29 is 9.59 Å². The Hall–Kier alpha value is -2.34. The Morgan fingerprint density at radius 2 is 1.69 bits per heavy atom. The summed E-state index contributed by atoms with van der Waals surface area (Å²) in [7, 11) is 0. The van der Waals surface area contributed by atoms with Crippen LogP contribution in [0, 0.1) is 11.8 Å². The van der Waals surface area contributed by atoms with Crippen LogP contribution in [0.3, 0.4) is 0 Å². The largest absolute Gasteiger partial charge is 0.380 e. The van der Waals surface area contributed by atoms with Gasteiger partial charge in [-0.05, 0) is 74.6 Å². The molecule has 1 aromatic rings. The van der Waals surface area contributed by atoms with Crippen molar-refractivity contribution in [2.45, 2.75) is 85.1 Å². The Balaban J connectivity index is 1.92. The van der Waals surface area contributed by atoms with Crippen molar-refractivity contribution in [1.29, 1.82) is 0 Å². The van der Waals surface area contributed by atoms with Gasteiger partial charge in [-0.2, -0.15) is 0 Å². The molecule has 1 aromatic carbocycles. The summed E-state index contributed by atoms with van der Waals surface area (Å²) in [4.78, 5) is 28.0. The molecule has 0 radical (unpaired) electrons. The Kier molecular flexibility index (Phi) is 13.6. The van der Waals surface area contributed by atoms with Crippen LogP contribution in [0.4, 0.5) is 0 Å². The first kappa shape index (κ1) is 29.9. The van der Waals surface area contributed by atoms with E-state index < -0.39 is 6.04 Å². The number of aryl methyl sites for hydroxylation is 1. The molecule has 3 atom stereocenters. The number of likely N-dealkylation sites (tertiary alicyclic amines) is 1. The summed E-state index contributed by atoms with van der Waals surface area (Å²) in [6.45, 7) is 15.9. The van der Waals surface area contributed by atoms with Crippen LogP contribution in [-0.2, 0) is 22.4 Å². The third-order valence-electron chi connectivity index (χ3n) is 7.38. The van der Waals surface area contributed by atoms with Gasteiger partial charge in [-0.1, -0.05) is 71.4 Å². The van der Waals surface area contributed by atoms with E-state index in [1.165, 1.54) is 30.4 Å². The van der Waals surface area contributed by atoms with Crippen molar-refractivity contribution in [3.63, 3.8) is 0 Å². The number of nitrogens with zero attached hydrogens (tertiary/aromatic N) is 1. The van der Waals surface area contributed by atoms with Gasteiger partial charge in [0.2, 0.25) is 11.8 Å². The molecule has 6 heteroatoms. The Morgan fingerprint density at radius 3 is 2.36 bits per heavy atom. The predicted octanol–water partition coefficient (Wildman–Crippen LogP) is 4.44. The van der Waals surface area contributed by atoms with Crippen LogP contribution in [0.1, 0.15) is 77.3 Å². The van der Waals surface area contributed by atoms with Crippen LogP contribution < -0.4 is 16.0 Å². The lowest BCUT2D eigenvalue weighted by molar-refractivity contribution is -0.129. The van der Waals surface area contributed by atoms with E-state index in [-0.39, 0.29) is 18.4 Å². The minimum Gasteiger partial charge on any atom is -0.380 e. The summed E-state index contributed by atoms with van der Waals surface area (Å²) in [5.41, 5.74) is 3.62. The molecule has 0 saturated carbocycles. The van der Waals surface area contributed by atoms with E-state index in [0.29, 0.717) is 19.0 Å². The van der Waals surface area contributed by atoms with Crippen molar-refractivity contribution in [3.8, 4) is 0 Å². The zero-order valence-electron chi connectivity index (χ0n) is 23.2. The van der Waals surface area contributed by atoms with E-state index in [2.05, 4.69) is 72.5 Å². The molecule has 0 bridgehead atoms. The number of hydrogen-bond acceptors (Lipinski definition) is 4. The molecule has 1 saturated heterocycles. The number of amides is 2. The van der Waals surface area contributed by atoms with Gasteiger partial charge in [0.1, 0.15) is 6.04 Å². The van der Waals surface area contributed by atoms with Crippen molar-refractivity contribution >= 4 is 11.8 Å². The SMILES string of the molecule is C=C(CC)NCC(=O)NC(CN1CCCCC1)C(=O)NCC(C)Cc1ccccc1CC[C@H](C)CC. The van der Waals surface area contributed by atoms with E-state index in [4.69, 9.17) is 0 Å². The number of carbonyl (C=O) groups is 2. The van der Waals surface area contributed by atoms with Crippen molar-refractivity contribution in [2.24, 2.45) is 11.8 Å². The van der Waals surface area contributed by atoms with Gasteiger partial charge in [0.05, 0.1) is 6.54 Å². The second-order valence-electron chi connectivity index (χ2n) is 10.7. The van der Waals surface area contributed by atoms with Gasteiger partial charge in [-0.3, -0.25) is 9.59 Å². The molecular formula is C30H50N4O2. The standard InChI is InChI=1S/C30H50N4O2/c1-6-23(3)15-16-26-13-9-10-14-27(26)19-24(4)20-32-30(36)28(22-34-17-11-8-12-18-34)33-29(35)21-31-25(5)7-2/h9-10,13-14,23-24,28,31H,5-8,11-12,15-22H2,1-4H3,(H,32,36)(H,33,35)/t23-,24?,28?/m1/s1. The highest BCUT2D eigenvalue weighted by molar-refractivity contribution is 5.88. The molecule has 2 rings (SSSR count). The van der Waals surface area contributed by atoms with Gasteiger partial charge in [0, 0.05) is 18.8 Å². The predicted molar refractivity (Wildman–Crippen MR) is 150 cm³/mol. The van der Waals surface area contributed by atoms with Gasteiger partial charge in [0.15, 0.2) is 0 Å². The van der Waals surface area contributed by atoms with Gasteiger partial charge in [-0.15, -0.1) is 0 Å². The van der Waals surface area contributed by atoms with E-state index >= 15 is 0 Å². The summed E-state index contributed by atoms with van der Waals surface area (Å²) in [5, 5.41) is 9.13. The Morgan fingerprint density at radius 1 is 1.00 bits per heavy atom. The minimum atomic E-state index is -0.553. The second-order valence-corrected chi connectivity index (χ2v) is 10.7. The summed E-state index contributed by atoms with van der Waals surface area (Å²) >= 11 is 0. The highest BCUT2D eigenvalue weighted by atomic mass is 16.2. The van der Waals surface area contributed by atoms with Crippen LogP contribution in [0.5, 0.6) is 0 Å². The average molecular weight is 499 g/mol. The van der Waals surface area contributed by atoms with Crippen molar-refractivity contribution in [2.75, 3.05) is 32.7 Å². The molecule has 3 N–H and O–H groups in total. The lowest BCUT2D eigenvalue weighted by Crippen LogP contribution is -2.55. The first-order chi connectivity index (χ1) is 17.3. The van der Waals surface area contributed by atoms with Crippen molar-refractivity contribution in [3.05, 3.63) is 47.7 Å². The highest BCUT2D eigenvalue weighted by Crippen LogP contribution is 2.19. The van der Waals surface area contributed by atoms with E-state index in [1.54, 1.807) is 0 Å². The van der Waals surface area contributed by atoms with Crippen LogP contribution in [0.25, 0.3) is 0 Å². The third kappa shape index (κ3) is 11.2. The van der Waals surface area contributed by atoms with Crippen LogP contribution in [0.15, 0.2) is 36.5 Å². The van der Waals surface area contributed by atoms with Crippen LogP contribution >= 0.6 is 0 Å². The fraction of sp³-hybridized carbons (Fsp3) is 0.667. The van der Waals surface area contributed by atoms with Gasteiger partial charge in [-0.25, -0.2) is 0 Å². The number of hydrogen-bond donors (Lipinski definition) is 3. The first-order valence-corrected chi connectivity index (χ1v) is 14.1. The van der Waals surface area contributed by atoms with Gasteiger partial charge >= 0.3 is 0 Å². The maximum absolute atomic E-state index is 13.2. The molecular weight excluding hydrogens is 448 g/mol. The molecule has 2 amide bonds. The van der Waals surface area contributed by atoms with E-state index in [1.807, 2.05) is 6.92 Å². The molecule has 1 aliphatic rings. The normalized spacial score (nSPS) is 16.6. The van der Waals surface area contributed by atoms with Gasteiger partial charge in [0.25, 0.3) is 0 Å². The molecule has 0 aliphatic carbocycles. The topological polar surface area (TPSA) is 73.5 Å². The molecule has 1 heterocycles. The Labute approximate surface area is 219 Å². The second kappa shape index (κ2) is 16.4. The van der Waals surface area contributed by atoms with Crippen molar-refractivity contribution in [1.82, 2.24) is 20.9 Å². The zero-order valence-corrected chi connectivity index (χ0v) is 23.2. The Bertz CT molecular complexity index is 819. The number of benzene rings is 1. The van der Waals surface area contributed by atoms with Crippen LogP contribution in [0.2, 0.25) is 0 Å². The molecule has 6 nitrogen and oxygen atoms in total. The number of carbonyl (C=O) groups excluding carboxylic acids is 2. The highest BCUT2D eigenvalue weighted by Gasteiger charge is 2.25. The van der Waals surface area contributed by atoms with Gasteiger partial charge < -0.3 is 20.9 Å². The fourth-order valence-electron chi connectivity index (χ4n) is 4.62. The lowest BCUT2D eigenvalue weighted by Gasteiger charge is -2.30. The smallest absolute Gasteiger partial charge is 0.243 e. The molecule has 202 valence electrons. The van der Waals surface area contributed by atoms with E-state index in [9.17, 15) is 9.59 Å². The number of nitrogens with one attached hydrogen (secondary N) is 3. The quantitative estimate of drug-likeness (QED) is 0.315. The zero-order chi connectivity index (χ0) is 26.3. The maximum atomic E-state index is 13.2. The summed E-state index contributed by atoms with van der Waals surface area (Å²) < 4.78 is 0. The molecule has 36 heavy (non-hydrogen) atoms. The molecule has 2 unspecified atom stereocenters. The summed E-state index contributed by atoms with van der Waals surface area (Å²) in [6, 6.07) is 8.15. The molecule has 0 spiro atoms. The number of allylic oxidation sites excluding steroid dienone is 1. The lowest BCUT2D eigenvalue weighted by atomic mass is 9.92. The maximum Gasteiger partial charge on any atom is 0.243 e. The number of rotatable bonds is 16.